The van der Waals surface area contributed by atoms with E-state index in [1.54, 1.807) is 12.0 Å². The number of H-pyrrole nitrogens is 1. The number of nitrogens with zero attached hydrogens (tertiary/aromatic N) is 2. The average Bonchev–Trinajstić information content (AvgIpc) is 3.15. The molecule has 1 N–H and O–H groups in total. The van der Waals surface area contributed by atoms with E-state index in [4.69, 9.17) is 9.47 Å². The van der Waals surface area contributed by atoms with Gasteiger partial charge in [0.2, 0.25) is 0 Å². The Kier molecular flexibility index (Phi) is 5.25. The molecule has 1 amide bonds. The summed E-state index contributed by atoms with van der Waals surface area (Å²) >= 11 is 0. The lowest BCUT2D eigenvalue weighted by atomic mass is 10.0. The molecule has 0 saturated carbocycles. The van der Waals surface area contributed by atoms with Crippen molar-refractivity contribution < 1.29 is 19.1 Å². The van der Waals surface area contributed by atoms with Crippen LogP contribution >= 0.6 is 0 Å². The maximum absolute atomic E-state index is 12.6. The minimum atomic E-state index is -0.539. The van der Waals surface area contributed by atoms with Gasteiger partial charge < -0.3 is 14.4 Å². The summed E-state index contributed by atoms with van der Waals surface area (Å²) in [7, 11) is 1.62. The Bertz CT molecular complexity index is 813. The van der Waals surface area contributed by atoms with Gasteiger partial charge >= 0.3 is 5.97 Å². The number of benzene rings is 1. The Morgan fingerprint density at radius 3 is 2.88 bits per heavy atom. The summed E-state index contributed by atoms with van der Waals surface area (Å²) in [6.07, 6.45) is 3.19. The van der Waals surface area contributed by atoms with Gasteiger partial charge in [-0.15, -0.1) is 0 Å². The fraction of sp³-hybridized carbons (Fsp3) is 0.421. The predicted molar refractivity (Wildman–Crippen MR) is 96.6 cm³/mol. The third-order valence-electron chi connectivity index (χ3n) is 4.50. The van der Waals surface area contributed by atoms with Gasteiger partial charge in [0.1, 0.15) is 11.3 Å². The molecule has 0 spiro atoms. The molecular weight excluding hydrogens is 334 g/mol. The summed E-state index contributed by atoms with van der Waals surface area (Å²) in [6, 6.07) is 5.65. The van der Waals surface area contributed by atoms with E-state index < -0.39 is 5.97 Å². The highest BCUT2D eigenvalue weighted by atomic mass is 16.5. The number of aryl methyl sites for hydroxylation is 1. The largest absolute Gasteiger partial charge is 0.497 e. The Balaban J connectivity index is 1.68. The van der Waals surface area contributed by atoms with Crippen LogP contribution in [0.1, 0.15) is 47.8 Å². The molecule has 26 heavy (non-hydrogen) atoms. The highest BCUT2D eigenvalue weighted by Gasteiger charge is 2.25. The Morgan fingerprint density at radius 2 is 2.15 bits per heavy atom. The van der Waals surface area contributed by atoms with E-state index in [2.05, 4.69) is 10.2 Å². The molecule has 0 atom stereocenters. The summed E-state index contributed by atoms with van der Waals surface area (Å²) < 4.78 is 10.5. The number of hydrogen-bond donors (Lipinski definition) is 1. The van der Waals surface area contributed by atoms with Crippen LogP contribution < -0.4 is 9.64 Å². The van der Waals surface area contributed by atoms with Crippen LogP contribution in [0, 0.1) is 0 Å². The second-order valence-electron chi connectivity index (χ2n) is 6.57. The van der Waals surface area contributed by atoms with Crippen LogP contribution in [0.3, 0.4) is 0 Å². The number of aromatic amines is 1. The van der Waals surface area contributed by atoms with Crippen molar-refractivity contribution in [2.75, 3.05) is 25.2 Å². The van der Waals surface area contributed by atoms with E-state index >= 15 is 0 Å². The van der Waals surface area contributed by atoms with E-state index in [1.807, 2.05) is 32.0 Å². The van der Waals surface area contributed by atoms with Crippen molar-refractivity contribution in [3.05, 3.63) is 41.2 Å². The number of methoxy groups -OCH3 is 1. The lowest BCUT2D eigenvalue weighted by Crippen LogP contribution is -2.38. The van der Waals surface area contributed by atoms with Crippen LogP contribution in [0.15, 0.2) is 24.4 Å². The van der Waals surface area contributed by atoms with Crippen LogP contribution in [0.2, 0.25) is 0 Å². The normalized spacial score (nSPS) is 13.5. The molecule has 0 bridgehead atoms. The van der Waals surface area contributed by atoms with Gasteiger partial charge in [0.05, 0.1) is 19.0 Å². The van der Waals surface area contributed by atoms with Crippen LogP contribution in [0.5, 0.6) is 5.75 Å². The van der Waals surface area contributed by atoms with Gasteiger partial charge in [0.25, 0.3) is 5.91 Å². The molecule has 0 saturated heterocycles. The van der Waals surface area contributed by atoms with Gasteiger partial charge in [-0.1, -0.05) is 13.8 Å². The number of esters is 1. The van der Waals surface area contributed by atoms with Gasteiger partial charge in [0, 0.05) is 12.2 Å². The minimum absolute atomic E-state index is 0.111. The number of ether oxygens (including phenoxy) is 2. The summed E-state index contributed by atoms with van der Waals surface area (Å²) in [6.45, 7) is 4.22. The molecule has 1 aromatic carbocycles. The summed E-state index contributed by atoms with van der Waals surface area (Å²) in [4.78, 5) is 26.6. The molecule has 2 aromatic rings. The monoisotopic (exact) mass is 357 g/mol. The molecule has 7 nitrogen and oxygen atoms in total. The summed E-state index contributed by atoms with van der Waals surface area (Å²) in [5.41, 5.74) is 2.99. The zero-order valence-corrected chi connectivity index (χ0v) is 15.2. The molecule has 0 fully saturated rings. The first-order valence-electron chi connectivity index (χ1n) is 8.69. The highest BCUT2D eigenvalue weighted by Crippen LogP contribution is 2.30. The van der Waals surface area contributed by atoms with Crippen molar-refractivity contribution in [3.8, 4) is 5.75 Å². The molecule has 3 rings (SSSR count). The molecule has 1 aliphatic heterocycles. The first kappa shape index (κ1) is 18.0. The molecule has 138 valence electrons. The average molecular weight is 357 g/mol. The number of rotatable bonds is 5. The van der Waals surface area contributed by atoms with Gasteiger partial charge in [-0.3, -0.25) is 9.89 Å². The molecule has 0 unspecified atom stereocenters. The van der Waals surface area contributed by atoms with Crippen molar-refractivity contribution in [2.45, 2.75) is 32.6 Å². The van der Waals surface area contributed by atoms with Crippen LogP contribution in [0.4, 0.5) is 5.69 Å². The smallest absolute Gasteiger partial charge is 0.342 e. The summed E-state index contributed by atoms with van der Waals surface area (Å²) in [5.74, 6) is 0.104. The van der Waals surface area contributed by atoms with Gasteiger partial charge in [-0.05, 0) is 42.5 Å². The minimum Gasteiger partial charge on any atom is -0.497 e. The van der Waals surface area contributed by atoms with E-state index in [0.29, 0.717) is 17.8 Å². The van der Waals surface area contributed by atoms with Gasteiger partial charge in [-0.2, -0.15) is 5.10 Å². The van der Waals surface area contributed by atoms with E-state index in [1.165, 1.54) is 6.20 Å². The first-order chi connectivity index (χ1) is 12.5. The van der Waals surface area contributed by atoms with Gasteiger partial charge in [0.15, 0.2) is 6.61 Å². The van der Waals surface area contributed by atoms with E-state index in [9.17, 15) is 9.59 Å². The Labute approximate surface area is 152 Å². The predicted octanol–water partition coefficient (Wildman–Crippen LogP) is 2.68. The van der Waals surface area contributed by atoms with Crippen molar-refractivity contribution >= 4 is 17.6 Å². The third kappa shape index (κ3) is 3.56. The topological polar surface area (TPSA) is 84.5 Å². The summed E-state index contributed by atoms with van der Waals surface area (Å²) in [5, 5.41) is 6.70. The second kappa shape index (κ2) is 7.59. The van der Waals surface area contributed by atoms with E-state index in [-0.39, 0.29) is 18.4 Å². The van der Waals surface area contributed by atoms with E-state index in [0.717, 1.165) is 29.8 Å². The SMILES string of the molecule is COc1ccc2c(c1)CCCN2C(=O)COC(=O)c1cn[nH]c1C(C)C. The number of nitrogens with one attached hydrogen (secondary N) is 1. The maximum atomic E-state index is 12.6. The van der Waals surface area contributed by atoms with Crippen LogP contribution in [-0.4, -0.2) is 42.3 Å². The molecule has 0 aliphatic carbocycles. The molecule has 1 aliphatic rings. The molecule has 7 heteroatoms. The lowest BCUT2D eigenvalue weighted by molar-refractivity contribution is -0.121. The number of amides is 1. The lowest BCUT2D eigenvalue weighted by Gasteiger charge is -2.29. The number of fused-ring (bicyclic) bond motifs is 1. The number of carbonyl (C=O) groups excluding carboxylic acids is 2. The molecule has 0 radical (unpaired) electrons. The standard InChI is InChI=1S/C19H23N3O4/c1-12(2)18-15(10-20-21-18)19(24)26-11-17(23)22-8-4-5-13-9-14(25-3)6-7-16(13)22/h6-7,9-10,12H,4-5,8,11H2,1-3H3,(H,20,21). The number of carbonyl (C=O) groups is 2. The van der Waals surface area contributed by atoms with Crippen molar-refractivity contribution in [1.29, 1.82) is 0 Å². The van der Waals surface area contributed by atoms with Crippen molar-refractivity contribution in [1.82, 2.24) is 10.2 Å². The quantitative estimate of drug-likeness (QED) is 0.832. The second-order valence-corrected chi connectivity index (χ2v) is 6.57. The molecule has 2 heterocycles. The molecule has 1 aromatic heterocycles. The maximum Gasteiger partial charge on any atom is 0.342 e. The van der Waals surface area contributed by atoms with Crippen molar-refractivity contribution in [3.63, 3.8) is 0 Å². The fourth-order valence-corrected chi connectivity index (χ4v) is 3.14. The zero-order valence-electron chi connectivity index (χ0n) is 15.2. The van der Waals surface area contributed by atoms with Crippen molar-refractivity contribution in [2.24, 2.45) is 0 Å². The molecular formula is C19H23N3O4. The van der Waals surface area contributed by atoms with Crippen LogP contribution in [-0.2, 0) is 16.0 Å². The number of hydrogen-bond acceptors (Lipinski definition) is 5. The zero-order chi connectivity index (χ0) is 18.7. The highest BCUT2D eigenvalue weighted by molar-refractivity contribution is 5.98. The third-order valence-corrected chi connectivity index (χ3v) is 4.50. The number of aromatic nitrogens is 2. The number of anilines is 1. The fourth-order valence-electron chi connectivity index (χ4n) is 3.14. The van der Waals surface area contributed by atoms with Crippen LogP contribution in [0.25, 0.3) is 0 Å². The Morgan fingerprint density at radius 1 is 1.35 bits per heavy atom. The van der Waals surface area contributed by atoms with Gasteiger partial charge in [-0.25, -0.2) is 4.79 Å². The Hall–Kier alpha value is -2.83. The first-order valence-corrected chi connectivity index (χ1v) is 8.69.